The van der Waals surface area contributed by atoms with E-state index in [1.165, 1.54) is 7.11 Å². The number of carbonyl (C=O) groups excluding carboxylic acids is 1. The minimum Gasteiger partial charge on any atom is -0.469 e. The van der Waals surface area contributed by atoms with Crippen molar-refractivity contribution in [2.24, 2.45) is 0 Å². The van der Waals surface area contributed by atoms with E-state index >= 15 is 0 Å². The SMILES string of the molecule is [C-]#[N+]c1ncc(Br)cc1N1CCOCC1CC(=O)OC. The molecule has 2 heterocycles. The summed E-state index contributed by atoms with van der Waals surface area (Å²) in [7, 11) is 1.36. The van der Waals surface area contributed by atoms with Crippen molar-refractivity contribution in [1.82, 2.24) is 4.98 Å². The van der Waals surface area contributed by atoms with Gasteiger partial charge in [0.25, 0.3) is 5.82 Å². The van der Waals surface area contributed by atoms with Crippen LogP contribution >= 0.6 is 15.9 Å². The molecule has 6 nitrogen and oxygen atoms in total. The van der Waals surface area contributed by atoms with Gasteiger partial charge in [-0.15, -0.1) is 4.98 Å². The summed E-state index contributed by atoms with van der Waals surface area (Å²) < 4.78 is 10.9. The fourth-order valence-electron chi connectivity index (χ4n) is 2.14. The highest BCUT2D eigenvalue weighted by atomic mass is 79.9. The summed E-state index contributed by atoms with van der Waals surface area (Å²) in [4.78, 5) is 21.0. The lowest BCUT2D eigenvalue weighted by Crippen LogP contribution is -2.46. The molecule has 0 aliphatic carbocycles. The smallest absolute Gasteiger partial charge is 0.307 e. The molecule has 20 heavy (non-hydrogen) atoms. The third-order valence-electron chi connectivity index (χ3n) is 3.09. The highest BCUT2D eigenvalue weighted by Gasteiger charge is 2.28. The number of anilines is 1. The Morgan fingerprint density at radius 1 is 1.75 bits per heavy atom. The predicted molar refractivity (Wildman–Crippen MR) is 76.8 cm³/mol. The third-order valence-corrected chi connectivity index (χ3v) is 3.52. The van der Waals surface area contributed by atoms with Gasteiger partial charge in [-0.05, 0) is 22.0 Å². The topological polar surface area (TPSA) is 56.0 Å². The molecule has 1 aliphatic rings. The predicted octanol–water partition coefficient (Wildman–Crippen LogP) is 2.16. The molecule has 1 unspecified atom stereocenters. The van der Waals surface area contributed by atoms with E-state index in [1.54, 1.807) is 6.20 Å². The van der Waals surface area contributed by atoms with Crippen LogP contribution in [0.5, 0.6) is 0 Å². The van der Waals surface area contributed by atoms with Gasteiger partial charge in [-0.25, -0.2) is 0 Å². The van der Waals surface area contributed by atoms with Crippen LogP contribution in [0.4, 0.5) is 11.5 Å². The fraction of sp³-hybridized carbons (Fsp3) is 0.462. The molecular weight excluding hydrogens is 326 g/mol. The van der Waals surface area contributed by atoms with Crippen molar-refractivity contribution < 1.29 is 14.3 Å². The number of carbonyl (C=O) groups is 1. The normalized spacial score (nSPS) is 18.4. The molecule has 1 fully saturated rings. The van der Waals surface area contributed by atoms with Crippen molar-refractivity contribution in [2.75, 3.05) is 31.8 Å². The Labute approximate surface area is 125 Å². The Kier molecular flexibility index (Phi) is 4.93. The molecule has 1 aromatic heterocycles. The second-order valence-electron chi connectivity index (χ2n) is 4.31. The fourth-order valence-corrected chi connectivity index (χ4v) is 2.45. The summed E-state index contributed by atoms with van der Waals surface area (Å²) >= 11 is 3.36. The number of ether oxygens (including phenoxy) is 2. The molecule has 1 aliphatic heterocycles. The number of halogens is 1. The van der Waals surface area contributed by atoms with Crippen LogP contribution < -0.4 is 4.90 Å². The molecule has 0 amide bonds. The summed E-state index contributed by atoms with van der Waals surface area (Å²) in [6, 6.07) is 1.70. The zero-order valence-corrected chi connectivity index (χ0v) is 12.6. The summed E-state index contributed by atoms with van der Waals surface area (Å²) in [6.45, 7) is 8.82. The molecular formula is C13H14BrN3O3. The number of nitrogens with zero attached hydrogens (tertiary/aromatic N) is 3. The average Bonchev–Trinajstić information content (AvgIpc) is 2.47. The van der Waals surface area contributed by atoms with Gasteiger partial charge >= 0.3 is 5.97 Å². The first-order valence-electron chi connectivity index (χ1n) is 6.10. The van der Waals surface area contributed by atoms with Crippen molar-refractivity contribution in [3.05, 3.63) is 28.2 Å². The molecule has 0 N–H and O–H groups in total. The lowest BCUT2D eigenvalue weighted by atomic mass is 10.1. The van der Waals surface area contributed by atoms with E-state index in [0.29, 0.717) is 31.3 Å². The van der Waals surface area contributed by atoms with Crippen LogP contribution in [0.15, 0.2) is 16.7 Å². The van der Waals surface area contributed by atoms with Crippen LogP contribution in [-0.2, 0) is 14.3 Å². The van der Waals surface area contributed by atoms with E-state index in [0.717, 1.165) is 4.47 Å². The Morgan fingerprint density at radius 3 is 3.25 bits per heavy atom. The van der Waals surface area contributed by atoms with Gasteiger partial charge in [-0.2, -0.15) is 0 Å². The molecule has 0 spiro atoms. The molecule has 1 atom stereocenters. The second kappa shape index (κ2) is 6.68. The number of hydrogen-bond donors (Lipinski definition) is 0. The lowest BCUT2D eigenvalue weighted by molar-refractivity contribution is -0.141. The molecule has 1 aromatic rings. The van der Waals surface area contributed by atoms with E-state index in [2.05, 4.69) is 25.8 Å². The number of morpholine rings is 1. The van der Waals surface area contributed by atoms with Gasteiger partial charge in [0, 0.05) is 6.54 Å². The largest absolute Gasteiger partial charge is 0.469 e. The molecule has 1 saturated heterocycles. The van der Waals surface area contributed by atoms with Crippen LogP contribution in [0.2, 0.25) is 0 Å². The van der Waals surface area contributed by atoms with Crippen LogP contribution in [-0.4, -0.2) is 43.9 Å². The first-order valence-corrected chi connectivity index (χ1v) is 6.89. The molecule has 0 bridgehead atoms. The lowest BCUT2D eigenvalue weighted by Gasteiger charge is -2.37. The van der Waals surface area contributed by atoms with Gasteiger partial charge in [0.15, 0.2) is 0 Å². The van der Waals surface area contributed by atoms with E-state index in [4.69, 9.17) is 16.0 Å². The molecule has 0 saturated carbocycles. The molecule has 7 heteroatoms. The second-order valence-corrected chi connectivity index (χ2v) is 5.23. The van der Waals surface area contributed by atoms with Crippen molar-refractivity contribution in [2.45, 2.75) is 12.5 Å². The Balaban J connectivity index is 2.30. The first kappa shape index (κ1) is 14.8. The van der Waals surface area contributed by atoms with Gasteiger partial charge in [0.2, 0.25) is 0 Å². The van der Waals surface area contributed by atoms with Gasteiger partial charge < -0.3 is 19.2 Å². The molecule has 2 rings (SSSR count). The quantitative estimate of drug-likeness (QED) is 0.624. The zero-order chi connectivity index (χ0) is 14.5. The van der Waals surface area contributed by atoms with Crippen molar-refractivity contribution in [3.8, 4) is 0 Å². The van der Waals surface area contributed by atoms with Crippen molar-refractivity contribution in [1.29, 1.82) is 0 Å². The highest BCUT2D eigenvalue weighted by molar-refractivity contribution is 9.10. The molecule has 0 aromatic carbocycles. The average molecular weight is 340 g/mol. The zero-order valence-electron chi connectivity index (χ0n) is 11.0. The van der Waals surface area contributed by atoms with Crippen LogP contribution in [0.3, 0.4) is 0 Å². The van der Waals surface area contributed by atoms with Crippen LogP contribution in [0.1, 0.15) is 6.42 Å². The van der Waals surface area contributed by atoms with Gasteiger partial charge in [-0.1, -0.05) is 6.57 Å². The van der Waals surface area contributed by atoms with E-state index < -0.39 is 0 Å². The number of aromatic nitrogens is 1. The van der Waals surface area contributed by atoms with Crippen LogP contribution in [0.25, 0.3) is 4.85 Å². The van der Waals surface area contributed by atoms with Gasteiger partial charge in [0.1, 0.15) is 6.20 Å². The van der Waals surface area contributed by atoms with E-state index in [-0.39, 0.29) is 18.4 Å². The summed E-state index contributed by atoms with van der Waals surface area (Å²) in [5, 5.41) is 0. The number of rotatable bonds is 3. The Bertz CT molecular complexity index is 544. The van der Waals surface area contributed by atoms with Crippen LogP contribution in [0, 0.1) is 6.57 Å². The number of hydrogen-bond acceptors (Lipinski definition) is 5. The standard InChI is InChI=1S/C13H14BrN3O3/c1-15-13-11(5-9(14)7-16-13)17-3-4-20-8-10(17)6-12(18)19-2/h5,7,10H,3-4,6,8H2,2H3. The maximum absolute atomic E-state index is 11.5. The summed E-state index contributed by atoms with van der Waals surface area (Å²) in [5.74, 6) is 0.0304. The number of esters is 1. The maximum atomic E-state index is 11.5. The third kappa shape index (κ3) is 3.26. The summed E-state index contributed by atoms with van der Waals surface area (Å²) in [6.07, 6.45) is 1.81. The number of pyridine rings is 1. The molecule has 0 radical (unpaired) electrons. The summed E-state index contributed by atoms with van der Waals surface area (Å²) in [5.41, 5.74) is 0.714. The maximum Gasteiger partial charge on any atom is 0.307 e. The van der Waals surface area contributed by atoms with E-state index in [9.17, 15) is 4.79 Å². The minimum absolute atomic E-state index is 0.146. The van der Waals surface area contributed by atoms with Gasteiger partial charge in [0.05, 0.1) is 42.9 Å². The minimum atomic E-state index is -0.294. The van der Waals surface area contributed by atoms with E-state index in [1.807, 2.05) is 11.0 Å². The first-order chi connectivity index (χ1) is 9.65. The van der Waals surface area contributed by atoms with Crippen molar-refractivity contribution in [3.63, 3.8) is 0 Å². The van der Waals surface area contributed by atoms with Gasteiger partial charge in [-0.3, -0.25) is 4.79 Å². The monoisotopic (exact) mass is 339 g/mol. The van der Waals surface area contributed by atoms with Crippen molar-refractivity contribution >= 4 is 33.4 Å². The number of methoxy groups -OCH3 is 1. The Morgan fingerprint density at radius 2 is 2.55 bits per heavy atom. The molecule has 106 valence electrons. The Hall–Kier alpha value is -1.65. The highest BCUT2D eigenvalue weighted by Crippen LogP contribution is 2.32.